The Morgan fingerprint density at radius 3 is 2.26 bits per heavy atom. The van der Waals surface area contributed by atoms with Crippen molar-refractivity contribution in [3.05, 3.63) is 47.8 Å². The minimum absolute atomic E-state index is 0.134. The molecular weight excluding hydrogens is 264 g/mol. The van der Waals surface area contributed by atoms with E-state index in [0.717, 1.165) is 24.5 Å². The molecule has 0 fully saturated rings. The van der Waals surface area contributed by atoms with Crippen molar-refractivity contribution in [1.82, 2.24) is 9.97 Å². The summed E-state index contributed by atoms with van der Waals surface area (Å²) in [5.74, 6) is -1.90. The topological polar surface area (TPSA) is 42.9 Å². The zero-order chi connectivity index (χ0) is 14.0. The molecule has 0 aliphatic rings. The third-order valence-electron chi connectivity index (χ3n) is 2.36. The van der Waals surface area contributed by atoms with Gasteiger partial charge >= 0.3 is 6.18 Å². The summed E-state index contributed by atoms with van der Waals surface area (Å²) in [6.07, 6.45) is -2.37. The van der Waals surface area contributed by atoms with Crippen LogP contribution in [0, 0.1) is 5.82 Å². The van der Waals surface area contributed by atoms with Crippen LogP contribution >= 0.6 is 0 Å². The van der Waals surface area contributed by atoms with Gasteiger partial charge in [0.25, 0.3) is 0 Å². The average Bonchev–Trinajstić information content (AvgIpc) is 2.38. The summed E-state index contributed by atoms with van der Waals surface area (Å²) in [6, 6.07) is 3.35. The molecule has 0 saturated carbocycles. The first-order valence-corrected chi connectivity index (χ1v) is 5.06. The Hall–Kier alpha value is -2.31. The Bertz CT molecular complexity index is 608. The van der Waals surface area contributed by atoms with Gasteiger partial charge in [0.15, 0.2) is 6.29 Å². The van der Waals surface area contributed by atoms with E-state index >= 15 is 0 Å². The Kier molecular flexibility index (Phi) is 3.28. The second-order valence-electron chi connectivity index (χ2n) is 3.64. The van der Waals surface area contributed by atoms with E-state index in [0.29, 0.717) is 6.29 Å². The van der Waals surface area contributed by atoms with Crippen LogP contribution in [0.15, 0.2) is 30.6 Å². The van der Waals surface area contributed by atoms with E-state index in [9.17, 15) is 22.4 Å². The maximum atomic E-state index is 13.1. The fourth-order valence-corrected chi connectivity index (χ4v) is 1.49. The highest BCUT2D eigenvalue weighted by Crippen LogP contribution is 2.28. The number of carbonyl (C=O) groups excluding carboxylic acids is 1. The Balaban J connectivity index is 2.48. The van der Waals surface area contributed by atoms with Crippen molar-refractivity contribution < 1.29 is 22.4 Å². The molecule has 0 unspecified atom stereocenters. The first kappa shape index (κ1) is 13.1. The van der Waals surface area contributed by atoms with Gasteiger partial charge in [0.1, 0.15) is 5.82 Å². The van der Waals surface area contributed by atoms with Crippen LogP contribution in [0.5, 0.6) is 0 Å². The van der Waals surface area contributed by atoms with Gasteiger partial charge in [-0.25, -0.2) is 14.4 Å². The van der Waals surface area contributed by atoms with E-state index in [4.69, 9.17) is 0 Å². The van der Waals surface area contributed by atoms with Crippen LogP contribution in [0.3, 0.4) is 0 Å². The number of nitrogens with zero attached hydrogens (tertiary/aromatic N) is 2. The predicted molar refractivity (Wildman–Crippen MR) is 57.8 cm³/mol. The molecule has 0 aliphatic carbocycles. The van der Waals surface area contributed by atoms with Crippen molar-refractivity contribution in [3.63, 3.8) is 0 Å². The zero-order valence-corrected chi connectivity index (χ0v) is 9.28. The average molecular weight is 270 g/mol. The number of hydrogen-bond acceptors (Lipinski definition) is 3. The van der Waals surface area contributed by atoms with Gasteiger partial charge in [0.2, 0.25) is 5.82 Å². The highest BCUT2D eigenvalue weighted by molar-refractivity contribution is 5.87. The molecule has 0 N–H and O–H groups in total. The summed E-state index contributed by atoms with van der Waals surface area (Å²) in [6.45, 7) is 0. The third kappa shape index (κ3) is 2.75. The van der Waals surface area contributed by atoms with Crippen LogP contribution < -0.4 is 0 Å². The second-order valence-corrected chi connectivity index (χ2v) is 3.64. The van der Waals surface area contributed by atoms with E-state index in [1.165, 1.54) is 6.07 Å². The summed E-state index contributed by atoms with van der Waals surface area (Å²) in [5, 5.41) is 0. The highest BCUT2D eigenvalue weighted by atomic mass is 19.4. The Labute approximate surface area is 104 Å². The molecule has 0 radical (unpaired) electrons. The summed E-state index contributed by atoms with van der Waals surface area (Å²) in [7, 11) is 0. The van der Waals surface area contributed by atoms with Gasteiger partial charge in [-0.1, -0.05) is 0 Å². The summed E-state index contributed by atoms with van der Waals surface area (Å²) in [5.41, 5.74) is 0.420. The van der Waals surface area contributed by atoms with E-state index < -0.39 is 17.8 Å². The van der Waals surface area contributed by atoms with Gasteiger partial charge in [0, 0.05) is 23.5 Å². The third-order valence-corrected chi connectivity index (χ3v) is 2.36. The number of hydrogen-bond donors (Lipinski definition) is 0. The van der Waals surface area contributed by atoms with Crippen molar-refractivity contribution in [2.24, 2.45) is 0 Å². The van der Waals surface area contributed by atoms with Crippen LogP contribution in [0.25, 0.3) is 11.1 Å². The lowest BCUT2D eigenvalue weighted by Crippen LogP contribution is -2.10. The summed E-state index contributed by atoms with van der Waals surface area (Å²) < 4.78 is 50.0. The SMILES string of the molecule is O=Cc1ccc(F)cc1-c1cnc(C(F)(F)F)nc1. The second kappa shape index (κ2) is 4.75. The Morgan fingerprint density at radius 1 is 1.11 bits per heavy atom. The lowest BCUT2D eigenvalue weighted by Gasteiger charge is -2.07. The quantitative estimate of drug-likeness (QED) is 0.622. The molecule has 98 valence electrons. The molecule has 19 heavy (non-hydrogen) atoms. The minimum Gasteiger partial charge on any atom is -0.298 e. The normalized spacial score (nSPS) is 11.4. The van der Waals surface area contributed by atoms with Crippen molar-refractivity contribution >= 4 is 6.29 Å². The predicted octanol–water partition coefficient (Wildman–Crippen LogP) is 3.11. The number of rotatable bonds is 2. The molecule has 0 aliphatic heterocycles. The lowest BCUT2D eigenvalue weighted by atomic mass is 10.0. The molecule has 1 aromatic heterocycles. The number of benzene rings is 1. The molecule has 7 heteroatoms. The van der Waals surface area contributed by atoms with E-state index in [-0.39, 0.29) is 16.7 Å². The number of alkyl halides is 3. The smallest absolute Gasteiger partial charge is 0.298 e. The van der Waals surface area contributed by atoms with Gasteiger partial charge in [-0.3, -0.25) is 4.79 Å². The minimum atomic E-state index is -4.64. The van der Waals surface area contributed by atoms with Crippen molar-refractivity contribution in [2.75, 3.05) is 0 Å². The maximum absolute atomic E-state index is 13.1. The molecule has 2 rings (SSSR count). The van der Waals surface area contributed by atoms with Gasteiger partial charge in [-0.15, -0.1) is 0 Å². The molecule has 3 nitrogen and oxygen atoms in total. The number of halogens is 4. The van der Waals surface area contributed by atoms with E-state index in [1.54, 1.807) is 0 Å². The maximum Gasteiger partial charge on any atom is 0.451 e. The van der Waals surface area contributed by atoms with E-state index in [1.807, 2.05) is 0 Å². The molecular formula is C12H6F4N2O. The molecule has 0 saturated heterocycles. The largest absolute Gasteiger partial charge is 0.451 e. The van der Waals surface area contributed by atoms with Crippen LogP contribution in [0.2, 0.25) is 0 Å². The number of aromatic nitrogens is 2. The number of carbonyl (C=O) groups is 1. The van der Waals surface area contributed by atoms with Crippen LogP contribution in [-0.2, 0) is 6.18 Å². The molecule has 1 aromatic carbocycles. The molecule has 2 aromatic rings. The van der Waals surface area contributed by atoms with Gasteiger partial charge in [0.05, 0.1) is 0 Å². The molecule has 0 spiro atoms. The van der Waals surface area contributed by atoms with Gasteiger partial charge in [-0.05, 0) is 23.8 Å². The highest BCUT2D eigenvalue weighted by Gasteiger charge is 2.34. The van der Waals surface area contributed by atoms with Gasteiger partial charge < -0.3 is 0 Å². The molecule has 0 bridgehead atoms. The Morgan fingerprint density at radius 2 is 1.74 bits per heavy atom. The van der Waals surface area contributed by atoms with E-state index in [2.05, 4.69) is 9.97 Å². The van der Waals surface area contributed by atoms with Crippen LogP contribution in [0.1, 0.15) is 16.2 Å². The van der Waals surface area contributed by atoms with Gasteiger partial charge in [-0.2, -0.15) is 13.2 Å². The van der Waals surface area contributed by atoms with Crippen LogP contribution in [0.4, 0.5) is 17.6 Å². The molecule has 1 heterocycles. The van der Waals surface area contributed by atoms with Crippen molar-refractivity contribution in [1.29, 1.82) is 0 Å². The first-order chi connectivity index (χ1) is 8.91. The fraction of sp³-hybridized carbons (Fsp3) is 0.0833. The molecule has 0 atom stereocenters. The summed E-state index contributed by atoms with van der Waals surface area (Å²) in [4.78, 5) is 17.1. The van der Waals surface area contributed by atoms with Crippen molar-refractivity contribution in [3.8, 4) is 11.1 Å². The molecule has 0 amide bonds. The van der Waals surface area contributed by atoms with Crippen molar-refractivity contribution in [2.45, 2.75) is 6.18 Å². The van der Waals surface area contributed by atoms with Crippen LogP contribution in [-0.4, -0.2) is 16.3 Å². The fourth-order valence-electron chi connectivity index (χ4n) is 1.49. The lowest BCUT2D eigenvalue weighted by molar-refractivity contribution is -0.144. The first-order valence-electron chi connectivity index (χ1n) is 5.06. The monoisotopic (exact) mass is 270 g/mol. The zero-order valence-electron chi connectivity index (χ0n) is 9.28. The standard InChI is InChI=1S/C12H6F4N2O/c13-9-2-1-7(6-19)10(3-9)8-4-17-11(18-5-8)12(14,15)16/h1-6H. The number of aldehydes is 1. The summed E-state index contributed by atoms with van der Waals surface area (Å²) >= 11 is 0.